The van der Waals surface area contributed by atoms with Crippen LogP contribution in [-0.2, 0) is 0 Å². The Morgan fingerprint density at radius 3 is 2.76 bits per heavy atom. The van der Waals surface area contributed by atoms with Crippen LogP contribution < -0.4 is 4.74 Å². The van der Waals surface area contributed by atoms with Crippen LogP contribution in [0.2, 0.25) is 0 Å². The molecule has 0 radical (unpaired) electrons. The third kappa shape index (κ3) is 3.19. The smallest absolute Gasteiger partial charge is 0.125 e. The summed E-state index contributed by atoms with van der Waals surface area (Å²) in [6, 6.07) is 4.32. The summed E-state index contributed by atoms with van der Waals surface area (Å²) in [5, 5.41) is 9.57. The molecular formula is C14H19FO2. The van der Waals surface area contributed by atoms with Crippen molar-refractivity contribution in [3.05, 3.63) is 29.6 Å². The lowest BCUT2D eigenvalue weighted by molar-refractivity contribution is 0.185. The van der Waals surface area contributed by atoms with E-state index in [-0.39, 0.29) is 5.82 Å². The molecule has 2 rings (SSSR count). The van der Waals surface area contributed by atoms with Crippen molar-refractivity contribution in [2.75, 3.05) is 6.61 Å². The molecule has 0 unspecified atom stereocenters. The first-order chi connectivity index (χ1) is 8.16. The fraction of sp³-hybridized carbons (Fsp3) is 0.571. The van der Waals surface area contributed by atoms with E-state index in [9.17, 15) is 9.50 Å². The molecule has 1 saturated carbocycles. The van der Waals surface area contributed by atoms with E-state index < -0.39 is 6.10 Å². The largest absolute Gasteiger partial charge is 0.493 e. The lowest BCUT2D eigenvalue weighted by Crippen LogP contribution is -2.10. The van der Waals surface area contributed by atoms with Gasteiger partial charge in [0, 0.05) is 5.56 Å². The topological polar surface area (TPSA) is 29.5 Å². The molecule has 1 aliphatic rings. The predicted molar refractivity (Wildman–Crippen MR) is 64.5 cm³/mol. The minimum absolute atomic E-state index is 0.339. The van der Waals surface area contributed by atoms with Gasteiger partial charge < -0.3 is 9.84 Å². The average Bonchev–Trinajstić information content (AvgIpc) is 2.80. The number of benzene rings is 1. The molecule has 17 heavy (non-hydrogen) atoms. The van der Waals surface area contributed by atoms with Crippen molar-refractivity contribution < 1.29 is 14.2 Å². The Morgan fingerprint density at radius 2 is 2.12 bits per heavy atom. The lowest BCUT2D eigenvalue weighted by Gasteiger charge is -2.16. The van der Waals surface area contributed by atoms with Gasteiger partial charge in [-0.1, -0.05) is 12.8 Å². The second-order valence-electron chi connectivity index (χ2n) is 4.82. The van der Waals surface area contributed by atoms with Gasteiger partial charge in [-0.05, 0) is 43.9 Å². The molecule has 0 spiro atoms. The first-order valence-electron chi connectivity index (χ1n) is 6.27. The van der Waals surface area contributed by atoms with Gasteiger partial charge >= 0.3 is 0 Å². The Balaban J connectivity index is 2.03. The maximum atomic E-state index is 13.1. The summed E-state index contributed by atoms with van der Waals surface area (Å²) in [7, 11) is 0. The van der Waals surface area contributed by atoms with Crippen LogP contribution in [0.5, 0.6) is 5.75 Å². The summed E-state index contributed by atoms with van der Waals surface area (Å²) in [6.45, 7) is 2.29. The zero-order valence-corrected chi connectivity index (χ0v) is 10.2. The van der Waals surface area contributed by atoms with Crippen molar-refractivity contribution in [2.45, 2.75) is 38.7 Å². The third-order valence-electron chi connectivity index (χ3n) is 3.37. The zero-order valence-electron chi connectivity index (χ0n) is 10.2. The second-order valence-corrected chi connectivity index (χ2v) is 4.82. The van der Waals surface area contributed by atoms with Crippen LogP contribution in [0.25, 0.3) is 0 Å². The Hall–Kier alpha value is -1.09. The highest BCUT2D eigenvalue weighted by Crippen LogP contribution is 2.29. The Kier molecular flexibility index (Phi) is 4.00. The average molecular weight is 238 g/mol. The monoisotopic (exact) mass is 238 g/mol. The molecule has 0 heterocycles. The van der Waals surface area contributed by atoms with Gasteiger partial charge in [0.05, 0.1) is 12.7 Å². The number of aliphatic hydroxyl groups is 1. The first kappa shape index (κ1) is 12.4. The van der Waals surface area contributed by atoms with Gasteiger partial charge in [0.15, 0.2) is 0 Å². The number of rotatable bonds is 4. The van der Waals surface area contributed by atoms with Crippen molar-refractivity contribution in [2.24, 2.45) is 5.92 Å². The summed E-state index contributed by atoms with van der Waals surface area (Å²) in [5.41, 5.74) is 0.531. The lowest BCUT2D eigenvalue weighted by atomic mass is 10.1. The van der Waals surface area contributed by atoms with Gasteiger partial charge in [-0.25, -0.2) is 4.39 Å². The summed E-state index contributed by atoms with van der Waals surface area (Å²) < 4.78 is 18.8. The minimum Gasteiger partial charge on any atom is -0.493 e. The highest BCUT2D eigenvalue weighted by atomic mass is 19.1. The maximum Gasteiger partial charge on any atom is 0.125 e. The van der Waals surface area contributed by atoms with Crippen molar-refractivity contribution in [1.82, 2.24) is 0 Å². The molecule has 1 fully saturated rings. The Labute approximate surface area is 101 Å². The van der Waals surface area contributed by atoms with E-state index in [2.05, 4.69) is 0 Å². The molecule has 0 saturated heterocycles. The maximum absolute atomic E-state index is 13.1. The van der Waals surface area contributed by atoms with Crippen LogP contribution in [0.15, 0.2) is 18.2 Å². The van der Waals surface area contributed by atoms with Gasteiger partial charge in [0.2, 0.25) is 0 Å². The summed E-state index contributed by atoms with van der Waals surface area (Å²) >= 11 is 0. The van der Waals surface area contributed by atoms with Crippen LogP contribution in [-0.4, -0.2) is 11.7 Å². The van der Waals surface area contributed by atoms with Crippen molar-refractivity contribution in [1.29, 1.82) is 0 Å². The third-order valence-corrected chi connectivity index (χ3v) is 3.37. The highest BCUT2D eigenvalue weighted by molar-refractivity contribution is 5.35. The van der Waals surface area contributed by atoms with Crippen molar-refractivity contribution >= 4 is 0 Å². The Morgan fingerprint density at radius 1 is 1.41 bits per heavy atom. The van der Waals surface area contributed by atoms with Gasteiger partial charge in [0.25, 0.3) is 0 Å². The highest BCUT2D eigenvalue weighted by Gasteiger charge is 2.17. The fourth-order valence-corrected chi connectivity index (χ4v) is 2.36. The number of halogens is 1. The van der Waals surface area contributed by atoms with Gasteiger partial charge in [-0.15, -0.1) is 0 Å². The van der Waals surface area contributed by atoms with E-state index >= 15 is 0 Å². The number of hydrogen-bond donors (Lipinski definition) is 1. The zero-order chi connectivity index (χ0) is 12.3. The molecule has 1 N–H and O–H groups in total. The van der Waals surface area contributed by atoms with Crippen LogP contribution >= 0.6 is 0 Å². The van der Waals surface area contributed by atoms with Crippen LogP contribution in [0.4, 0.5) is 4.39 Å². The molecule has 1 aromatic carbocycles. The van der Waals surface area contributed by atoms with Crippen LogP contribution in [0, 0.1) is 11.7 Å². The standard InChI is InChI=1S/C14H19FO2/c1-10(16)13-8-12(15)6-7-14(13)17-9-11-4-2-3-5-11/h6-8,10-11,16H,2-5,9H2,1H3/t10-/m0/s1. The van der Waals surface area contributed by atoms with Crippen LogP contribution in [0.3, 0.4) is 0 Å². The fourth-order valence-electron chi connectivity index (χ4n) is 2.36. The molecule has 0 bridgehead atoms. The summed E-state index contributed by atoms with van der Waals surface area (Å²) in [5.74, 6) is 0.879. The molecule has 0 aromatic heterocycles. The molecule has 0 amide bonds. The van der Waals surface area contributed by atoms with Crippen molar-refractivity contribution in [3.8, 4) is 5.75 Å². The van der Waals surface area contributed by atoms with Gasteiger partial charge in [-0.3, -0.25) is 0 Å². The van der Waals surface area contributed by atoms with E-state index in [0.717, 1.165) is 0 Å². The van der Waals surface area contributed by atoms with E-state index in [1.807, 2.05) is 0 Å². The molecule has 2 nitrogen and oxygen atoms in total. The normalized spacial score (nSPS) is 18.3. The number of hydrogen-bond acceptors (Lipinski definition) is 2. The summed E-state index contributed by atoms with van der Waals surface area (Å²) in [6.07, 6.45) is 4.28. The molecular weight excluding hydrogens is 219 g/mol. The molecule has 3 heteroatoms. The number of aliphatic hydroxyl groups excluding tert-OH is 1. The second kappa shape index (κ2) is 5.50. The molecule has 1 atom stereocenters. The SMILES string of the molecule is C[C@H](O)c1cc(F)ccc1OCC1CCCC1. The van der Waals surface area contributed by atoms with Crippen molar-refractivity contribution in [3.63, 3.8) is 0 Å². The predicted octanol–water partition coefficient (Wildman–Crippen LogP) is 3.45. The van der Waals surface area contributed by atoms with E-state index in [1.54, 1.807) is 13.0 Å². The van der Waals surface area contributed by atoms with E-state index in [1.165, 1.54) is 37.8 Å². The van der Waals surface area contributed by atoms with E-state index in [0.29, 0.717) is 23.8 Å². The molecule has 0 aliphatic heterocycles. The molecule has 1 aliphatic carbocycles. The van der Waals surface area contributed by atoms with Gasteiger partial charge in [0.1, 0.15) is 11.6 Å². The van der Waals surface area contributed by atoms with Gasteiger partial charge in [-0.2, -0.15) is 0 Å². The number of ether oxygens (including phenoxy) is 1. The summed E-state index contributed by atoms with van der Waals surface area (Å²) in [4.78, 5) is 0. The molecule has 1 aromatic rings. The van der Waals surface area contributed by atoms with Crippen LogP contribution in [0.1, 0.15) is 44.3 Å². The minimum atomic E-state index is -0.704. The first-order valence-corrected chi connectivity index (χ1v) is 6.27. The van der Waals surface area contributed by atoms with E-state index in [4.69, 9.17) is 4.74 Å². The molecule has 94 valence electrons. The Bertz CT molecular complexity index is 370. The quantitative estimate of drug-likeness (QED) is 0.870.